The van der Waals surface area contributed by atoms with Crippen LogP contribution in [0.4, 0.5) is 11.4 Å². The minimum Gasteiger partial charge on any atom is -0.344 e. The third-order valence-corrected chi connectivity index (χ3v) is 2.63. The van der Waals surface area contributed by atoms with Gasteiger partial charge in [0.05, 0.1) is 4.92 Å². The molecule has 1 atom stereocenters. The summed E-state index contributed by atoms with van der Waals surface area (Å²) in [5.74, 6) is -0.814. The lowest BCUT2D eigenvalue weighted by atomic mass is 10.0. The molecule has 108 valence electrons. The van der Waals surface area contributed by atoms with Crippen molar-refractivity contribution >= 4 is 23.2 Å². The molecule has 0 aliphatic heterocycles. The molecule has 0 bridgehead atoms. The van der Waals surface area contributed by atoms with E-state index in [-0.39, 0.29) is 17.5 Å². The van der Waals surface area contributed by atoms with Crippen LogP contribution in [0.15, 0.2) is 24.3 Å². The molecular weight excluding hydrogens is 262 g/mol. The van der Waals surface area contributed by atoms with Crippen LogP contribution >= 0.6 is 0 Å². The zero-order chi connectivity index (χ0) is 15.3. The van der Waals surface area contributed by atoms with E-state index < -0.39 is 16.9 Å². The summed E-state index contributed by atoms with van der Waals surface area (Å²) >= 11 is 0. The van der Waals surface area contributed by atoms with Crippen LogP contribution in [-0.4, -0.2) is 22.8 Å². The number of non-ortho nitro benzene ring substituents is 1. The second-order valence-corrected chi connectivity index (χ2v) is 4.72. The Morgan fingerprint density at radius 2 is 1.95 bits per heavy atom. The van der Waals surface area contributed by atoms with Crippen molar-refractivity contribution in [2.45, 2.75) is 26.8 Å². The maximum absolute atomic E-state index is 12.1. The van der Waals surface area contributed by atoms with Gasteiger partial charge in [0.2, 0.25) is 11.8 Å². The molecule has 0 saturated heterocycles. The standard InChI is InChI=1S/C13H17N3O4/c1-8(2)12(14-9(3)17)13(18)15-10-5-4-6-11(7-10)16(19)20/h4-8,12H,1-3H3,(H,14,17)(H,15,18)/t12-/m0/s1. The van der Waals surface area contributed by atoms with Crippen LogP contribution < -0.4 is 10.6 Å². The fraction of sp³-hybridized carbons (Fsp3) is 0.385. The molecule has 0 unspecified atom stereocenters. The summed E-state index contributed by atoms with van der Waals surface area (Å²) in [6.07, 6.45) is 0. The lowest BCUT2D eigenvalue weighted by Crippen LogP contribution is -2.46. The van der Waals surface area contributed by atoms with Crippen molar-refractivity contribution in [1.82, 2.24) is 5.32 Å². The highest BCUT2D eigenvalue weighted by atomic mass is 16.6. The molecule has 1 rings (SSSR count). The zero-order valence-electron chi connectivity index (χ0n) is 11.5. The van der Waals surface area contributed by atoms with E-state index in [0.717, 1.165) is 0 Å². The van der Waals surface area contributed by atoms with Gasteiger partial charge in [-0.2, -0.15) is 0 Å². The number of nitrogens with one attached hydrogen (secondary N) is 2. The van der Waals surface area contributed by atoms with Gasteiger partial charge >= 0.3 is 0 Å². The Bertz CT molecular complexity index is 528. The number of anilines is 1. The number of amides is 2. The molecular formula is C13H17N3O4. The summed E-state index contributed by atoms with van der Waals surface area (Å²) in [6.45, 7) is 4.93. The third-order valence-electron chi connectivity index (χ3n) is 2.63. The van der Waals surface area contributed by atoms with E-state index in [0.29, 0.717) is 5.69 Å². The molecule has 0 aliphatic carbocycles. The Morgan fingerprint density at radius 1 is 1.30 bits per heavy atom. The average molecular weight is 279 g/mol. The number of carbonyl (C=O) groups is 2. The van der Waals surface area contributed by atoms with E-state index in [1.807, 2.05) is 0 Å². The van der Waals surface area contributed by atoms with Gasteiger partial charge in [-0.25, -0.2) is 0 Å². The van der Waals surface area contributed by atoms with Crippen molar-refractivity contribution < 1.29 is 14.5 Å². The summed E-state index contributed by atoms with van der Waals surface area (Å²) in [4.78, 5) is 33.3. The fourth-order valence-electron chi connectivity index (χ4n) is 1.67. The van der Waals surface area contributed by atoms with Gasteiger partial charge in [0.25, 0.3) is 5.69 Å². The molecule has 2 amide bonds. The summed E-state index contributed by atoms with van der Waals surface area (Å²) in [5.41, 5.74) is 0.212. The summed E-state index contributed by atoms with van der Waals surface area (Å²) < 4.78 is 0. The van der Waals surface area contributed by atoms with E-state index in [1.165, 1.54) is 25.1 Å². The quantitative estimate of drug-likeness (QED) is 0.632. The maximum atomic E-state index is 12.1. The second-order valence-electron chi connectivity index (χ2n) is 4.72. The molecule has 1 aromatic rings. The van der Waals surface area contributed by atoms with E-state index in [9.17, 15) is 19.7 Å². The Morgan fingerprint density at radius 3 is 2.45 bits per heavy atom. The van der Waals surface area contributed by atoms with Crippen LogP contribution in [-0.2, 0) is 9.59 Å². The molecule has 0 aliphatic rings. The van der Waals surface area contributed by atoms with E-state index >= 15 is 0 Å². The Balaban J connectivity index is 2.85. The van der Waals surface area contributed by atoms with Crippen molar-refractivity contribution in [2.24, 2.45) is 5.92 Å². The number of benzene rings is 1. The molecule has 0 aromatic heterocycles. The molecule has 7 nitrogen and oxygen atoms in total. The molecule has 0 radical (unpaired) electrons. The number of nitro groups is 1. The lowest BCUT2D eigenvalue weighted by molar-refractivity contribution is -0.384. The van der Waals surface area contributed by atoms with Crippen molar-refractivity contribution in [3.63, 3.8) is 0 Å². The van der Waals surface area contributed by atoms with Crippen molar-refractivity contribution in [3.8, 4) is 0 Å². The van der Waals surface area contributed by atoms with Gasteiger partial charge in [0.15, 0.2) is 0 Å². The lowest BCUT2D eigenvalue weighted by Gasteiger charge is -2.20. The van der Waals surface area contributed by atoms with Gasteiger partial charge in [-0.15, -0.1) is 0 Å². The Labute approximate surface area is 116 Å². The molecule has 1 aromatic carbocycles. The Hall–Kier alpha value is -2.44. The zero-order valence-corrected chi connectivity index (χ0v) is 11.5. The molecule has 2 N–H and O–H groups in total. The highest BCUT2D eigenvalue weighted by Gasteiger charge is 2.23. The first-order valence-corrected chi connectivity index (χ1v) is 6.13. The van der Waals surface area contributed by atoms with Gasteiger partial charge in [-0.3, -0.25) is 19.7 Å². The highest BCUT2D eigenvalue weighted by molar-refractivity contribution is 5.97. The number of rotatable bonds is 5. The summed E-state index contributed by atoms with van der Waals surface area (Å²) in [5, 5.41) is 15.8. The van der Waals surface area contributed by atoms with E-state index in [4.69, 9.17) is 0 Å². The van der Waals surface area contributed by atoms with Gasteiger partial charge in [0, 0.05) is 24.7 Å². The van der Waals surface area contributed by atoms with E-state index in [2.05, 4.69) is 10.6 Å². The predicted molar refractivity (Wildman–Crippen MR) is 74.2 cm³/mol. The van der Waals surface area contributed by atoms with Crippen LogP contribution in [0.2, 0.25) is 0 Å². The van der Waals surface area contributed by atoms with Crippen LogP contribution in [0, 0.1) is 16.0 Å². The minimum atomic E-state index is -0.688. The van der Waals surface area contributed by atoms with E-state index in [1.54, 1.807) is 19.9 Å². The first-order valence-electron chi connectivity index (χ1n) is 6.13. The highest BCUT2D eigenvalue weighted by Crippen LogP contribution is 2.17. The number of carbonyl (C=O) groups excluding carboxylic acids is 2. The SMILES string of the molecule is CC(=O)N[C@H](C(=O)Nc1cccc([N+](=O)[O-])c1)C(C)C. The van der Waals surface area contributed by atoms with Crippen molar-refractivity contribution in [3.05, 3.63) is 34.4 Å². The third kappa shape index (κ3) is 4.34. The fourth-order valence-corrected chi connectivity index (χ4v) is 1.67. The predicted octanol–water partition coefficient (Wildman–Crippen LogP) is 1.69. The normalized spacial score (nSPS) is 11.8. The molecule has 0 saturated carbocycles. The summed E-state index contributed by atoms with van der Waals surface area (Å²) in [7, 11) is 0. The average Bonchev–Trinajstić information content (AvgIpc) is 2.35. The van der Waals surface area contributed by atoms with Crippen LogP contribution in [0.25, 0.3) is 0 Å². The minimum absolute atomic E-state index is 0.0994. The molecule has 0 spiro atoms. The molecule has 20 heavy (non-hydrogen) atoms. The largest absolute Gasteiger partial charge is 0.344 e. The molecule has 0 heterocycles. The first kappa shape index (κ1) is 15.6. The van der Waals surface area contributed by atoms with Crippen LogP contribution in [0.3, 0.4) is 0 Å². The maximum Gasteiger partial charge on any atom is 0.271 e. The Kier molecular flexibility index (Phi) is 5.19. The molecule has 7 heteroatoms. The van der Waals surface area contributed by atoms with Crippen molar-refractivity contribution in [2.75, 3.05) is 5.32 Å². The monoisotopic (exact) mass is 279 g/mol. The van der Waals surface area contributed by atoms with Gasteiger partial charge in [0.1, 0.15) is 6.04 Å². The van der Waals surface area contributed by atoms with Crippen LogP contribution in [0.5, 0.6) is 0 Å². The van der Waals surface area contributed by atoms with Gasteiger partial charge in [-0.1, -0.05) is 19.9 Å². The number of nitro benzene ring substituents is 1. The topological polar surface area (TPSA) is 101 Å². The summed E-state index contributed by atoms with van der Waals surface area (Å²) in [6, 6.07) is 4.95. The molecule has 0 fully saturated rings. The van der Waals surface area contributed by atoms with Crippen molar-refractivity contribution in [1.29, 1.82) is 0 Å². The number of hydrogen-bond acceptors (Lipinski definition) is 4. The van der Waals surface area contributed by atoms with Crippen LogP contribution in [0.1, 0.15) is 20.8 Å². The second kappa shape index (κ2) is 6.65. The number of nitrogens with zero attached hydrogens (tertiary/aromatic N) is 1. The first-order chi connectivity index (χ1) is 9.31. The van der Waals surface area contributed by atoms with Gasteiger partial charge < -0.3 is 10.6 Å². The van der Waals surface area contributed by atoms with Gasteiger partial charge in [-0.05, 0) is 12.0 Å². The number of hydrogen-bond donors (Lipinski definition) is 2. The smallest absolute Gasteiger partial charge is 0.271 e.